The maximum absolute atomic E-state index is 11.9. The summed E-state index contributed by atoms with van der Waals surface area (Å²) in [4.78, 5) is 11.9. The third-order valence-electron chi connectivity index (χ3n) is 3.77. The van der Waals surface area contributed by atoms with Gasteiger partial charge in [-0.2, -0.15) is 11.8 Å². The van der Waals surface area contributed by atoms with Crippen LogP contribution >= 0.6 is 11.8 Å². The van der Waals surface area contributed by atoms with Crippen LogP contribution in [-0.4, -0.2) is 37.0 Å². The van der Waals surface area contributed by atoms with Crippen molar-refractivity contribution in [2.45, 2.75) is 6.42 Å². The lowest BCUT2D eigenvalue weighted by Gasteiger charge is -2.25. The number of hydrogen-bond acceptors (Lipinski definition) is 3. The van der Waals surface area contributed by atoms with Gasteiger partial charge in [-0.05, 0) is 36.3 Å². The Balaban J connectivity index is 1.50. The van der Waals surface area contributed by atoms with Gasteiger partial charge in [-0.1, -0.05) is 0 Å². The van der Waals surface area contributed by atoms with Crippen LogP contribution in [0.25, 0.3) is 0 Å². The first kappa shape index (κ1) is 9.04. The molecule has 3 rings (SSSR count). The van der Waals surface area contributed by atoms with E-state index in [1.807, 2.05) is 11.8 Å². The third kappa shape index (κ3) is 1.27. The molecule has 0 aromatic carbocycles. The molecule has 1 amide bonds. The molecule has 2 heterocycles. The number of amides is 1. The van der Waals surface area contributed by atoms with Gasteiger partial charge in [0.2, 0.25) is 5.91 Å². The Hall–Kier alpha value is -0.220. The highest BCUT2D eigenvalue weighted by Gasteiger charge is 2.62. The number of fused-ring (bicyclic) bond motifs is 1. The first-order valence-corrected chi connectivity index (χ1v) is 6.53. The van der Waals surface area contributed by atoms with E-state index in [1.165, 1.54) is 11.5 Å². The fourth-order valence-electron chi connectivity index (χ4n) is 2.51. The van der Waals surface area contributed by atoms with Gasteiger partial charge in [-0.3, -0.25) is 4.79 Å². The zero-order chi connectivity index (χ0) is 9.60. The molecule has 2 unspecified atom stereocenters. The van der Waals surface area contributed by atoms with E-state index in [1.54, 1.807) is 0 Å². The van der Waals surface area contributed by atoms with Crippen molar-refractivity contribution in [1.29, 1.82) is 0 Å². The lowest BCUT2D eigenvalue weighted by Crippen LogP contribution is -2.40. The zero-order valence-electron chi connectivity index (χ0n) is 8.21. The van der Waals surface area contributed by atoms with Crippen molar-refractivity contribution in [2.24, 2.45) is 17.3 Å². The highest BCUT2D eigenvalue weighted by atomic mass is 32.2. The van der Waals surface area contributed by atoms with E-state index in [-0.39, 0.29) is 5.41 Å². The molecular weight excluding hydrogens is 196 g/mol. The summed E-state index contributed by atoms with van der Waals surface area (Å²) in [6.45, 7) is 2.86. The number of piperidine rings is 1. The molecule has 3 fully saturated rings. The fourth-order valence-corrected chi connectivity index (χ4v) is 3.31. The summed E-state index contributed by atoms with van der Waals surface area (Å²) in [5.41, 5.74) is 0.0108. The monoisotopic (exact) mass is 212 g/mol. The van der Waals surface area contributed by atoms with Crippen LogP contribution in [0, 0.1) is 17.3 Å². The fraction of sp³-hybridized carbons (Fsp3) is 0.900. The minimum absolute atomic E-state index is 0.0108. The van der Waals surface area contributed by atoms with Gasteiger partial charge in [0, 0.05) is 13.1 Å². The van der Waals surface area contributed by atoms with Gasteiger partial charge in [0.05, 0.1) is 5.41 Å². The Labute approximate surface area is 88.4 Å². The Morgan fingerprint density at radius 2 is 2.43 bits per heavy atom. The van der Waals surface area contributed by atoms with Crippen LogP contribution in [0.2, 0.25) is 0 Å². The van der Waals surface area contributed by atoms with Crippen molar-refractivity contribution in [2.75, 3.05) is 31.1 Å². The summed E-state index contributed by atoms with van der Waals surface area (Å²) in [5.74, 6) is 4.15. The molecule has 2 atom stereocenters. The number of carbonyl (C=O) groups excluding carboxylic acids is 1. The number of hydrogen-bond donors (Lipinski definition) is 2. The molecule has 2 N–H and O–H groups in total. The summed E-state index contributed by atoms with van der Waals surface area (Å²) < 4.78 is 0. The second-order valence-corrected chi connectivity index (χ2v) is 5.88. The van der Waals surface area contributed by atoms with Crippen LogP contribution in [0.5, 0.6) is 0 Å². The van der Waals surface area contributed by atoms with Crippen LogP contribution in [0.1, 0.15) is 6.42 Å². The molecule has 0 aromatic heterocycles. The minimum atomic E-state index is 0.0108. The molecule has 1 aliphatic carbocycles. The average molecular weight is 212 g/mol. The van der Waals surface area contributed by atoms with Crippen LogP contribution in [-0.2, 0) is 4.79 Å². The Morgan fingerprint density at radius 1 is 1.57 bits per heavy atom. The first-order chi connectivity index (χ1) is 6.81. The van der Waals surface area contributed by atoms with E-state index in [9.17, 15) is 4.79 Å². The van der Waals surface area contributed by atoms with E-state index < -0.39 is 0 Å². The quantitative estimate of drug-likeness (QED) is 0.696. The van der Waals surface area contributed by atoms with Crippen molar-refractivity contribution in [3.05, 3.63) is 0 Å². The summed E-state index contributed by atoms with van der Waals surface area (Å²) in [5, 5.41) is 6.41. The molecule has 3 nitrogen and oxygen atoms in total. The molecule has 0 aromatic rings. The third-order valence-corrected chi connectivity index (χ3v) is 5.19. The van der Waals surface area contributed by atoms with E-state index in [0.717, 1.165) is 32.0 Å². The Morgan fingerprint density at radius 3 is 2.93 bits per heavy atom. The molecule has 14 heavy (non-hydrogen) atoms. The van der Waals surface area contributed by atoms with Gasteiger partial charge < -0.3 is 10.6 Å². The van der Waals surface area contributed by atoms with Crippen LogP contribution in [0.4, 0.5) is 0 Å². The predicted molar refractivity (Wildman–Crippen MR) is 57.2 cm³/mol. The lowest BCUT2D eigenvalue weighted by molar-refractivity contribution is -0.126. The average Bonchev–Trinajstić information content (AvgIpc) is 2.67. The van der Waals surface area contributed by atoms with Crippen molar-refractivity contribution in [1.82, 2.24) is 10.6 Å². The predicted octanol–water partition coefficient (Wildman–Crippen LogP) is 0.0751. The van der Waals surface area contributed by atoms with Crippen molar-refractivity contribution in [3.8, 4) is 0 Å². The van der Waals surface area contributed by atoms with Gasteiger partial charge >= 0.3 is 0 Å². The standard InChI is InChI=1S/C10H16N2OS/c13-9(12-2-7-4-14-5-7)10-1-8(10)3-11-6-10/h7-8,11H,1-6H2,(H,12,13). The lowest BCUT2D eigenvalue weighted by atomic mass is 10.1. The Bertz CT molecular complexity index is 267. The number of rotatable bonds is 3. The molecule has 0 radical (unpaired) electrons. The number of nitrogens with one attached hydrogen (secondary N) is 2. The molecular formula is C10H16N2OS. The molecule has 0 bridgehead atoms. The van der Waals surface area contributed by atoms with E-state index >= 15 is 0 Å². The maximum atomic E-state index is 11.9. The smallest absolute Gasteiger partial charge is 0.227 e. The normalized spacial score (nSPS) is 40.1. The summed E-state index contributed by atoms with van der Waals surface area (Å²) >= 11 is 1.97. The molecule has 3 aliphatic rings. The summed E-state index contributed by atoms with van der Waals surface area (Å²) in [6.07, 6.45) is 1.12. The van der Waals surface area contributed by atoms with Gasteiger partial charge in [0.15, 0.2) is 0 Å². The number of carbonyl (C=O) groups is 1. The molecule has 1 saturated carbocycles. The molecule has 2 saturated heterocycles. The van der Waals surface area contributed by atoms with Crippen LogP contribution in [0.3, 0.4) is 0 Å². The van der Waals surface area contributed by atoms with Gasteiger partial charge in [-0.25, -0.2) is 0 Å². The SMILES string of the molecule is O=C(NCC1CSC1)C12CNCC1C2. The van der Waals surface area contributed by atoms with Gasteiger partial charge in [0.1, 0.15) is 0 Å². The summed E-state index contributed by atoms with van der Waals surface area (Å²) in [6, 6.07) is 0. The summed E-state index contributed by atoms with van der Waals surface area (Å²) in [7, 11) is 0. The van der Waals surface area contributed by atoms with Crippen LogP contribution in [0.15, 0.2) is 0 Å². The van der Waals surface area contributed by atoms with Gasteiger partial charge in [0.25, 0.3) is 0 Å². The second-order valence-electron chi connectivity index (χ2n) is 4.80. The van der Waals surface area contributed by atoms with Crippen LogP contribution < -0.4 is 10.6 Å². The van der Waals surface area contributed by atoms with Crippen molar-refractivity contribution in [3.63, 3.8) is 0 Å². The molecule has 78 valence electrons. The highest BCUT2D eigenvalue weighted by Crippen LogP contribution is 2.54. The van der Waals surface area contributed by atoms with Crippen molar-refractivity contribution >= 4 is 17.7 Å². The minimum Gasteiger partial charge on any atom is -0.355 e. The highest BCUT2D eigenvalue weighted by molar-refractivity contribution is 8.00. The Kier molecular flexibility index (Phi) is 2.02. The van der Waals surface area contributed by atoms with E-state index in [0.29, 0.717) is 11.8 Å². The van der Waals surface area contributed by atoms with Gasteiger partial charge in [-0.15, -0.1) is 0 Å². The molecule has 2 aliphatic heterocycles. The largest absolute Gasteiger partial charge is 0.355 e. The first-order valence-electron chi connectivity index (χ1n) is 5.38. The zero-order valence-corrected chi connectivity index (χ0v) is 9.03. The number of thioether (sulfide) groups is 1. The topological polar surface area (TPSA) is 41.1 Å². The van der Waals surface area contributed by atoms with E-state index in [4.69, 9.17) is 0 Å². The molecule has 4 heteroatoms. The second kappa shape index (κ2) is 3.14. The van der Waals surface area contributed by atoms with E-state index in [2.05, 4.69) is 10.6 Å². The van der Waals surface area contributed by atoms with Crippen molar-refractivity contribution < 1.29 is 4.79 Å². The maximum Gasteiger partial charge on any atom is 0.227 e. The molecule has 0 spiro atoms.